The van der Waals surface area contributed by atoms with E-state index in [0.717, 1.165) is 29.5 Å². The molecular formula is C20H18FN5OS. The van der Waals surface area contributed by atoms with Gasteiger partial charge in [-0.2, -0.15) is 5.26 Å². The zero-order valence-corrected chi connectivity index (χ0v) is 16.3. The van der Waals surface area contributed by atoms with Gasteiger partial charge in [0.15, 0.2) is 5.17 Å². The molecule has 8 heteroatoms. The van der Waals surface area contributed by atoms with Crippen molar-refractivity contribution in [2.45, 2.75) is 6.04 Å². The van der Waals surface area contributed by atoms with Crippen LogP contribution in [0.1, 0.15) is 11.6 Å². The van der Waals surface area contributed by atoms with E-state index in [4.69, 9.17) is 4.74 Å². The summed E-state index contributed by atoms with van der Waals surface area (Å²) in [7, 11) is 1.58. The molecule has 28 heavy (non-hydrogen) atoms. The van der Waals surface area contributed by atoms with Crippen LogP contribution in [0.15, 0.2) is 47.7 Å². The van der Waals surface area contributed by atoms with Crippen molar-refractivity contribution in [1.82, 2.24) is 14.5 Å². The Balaban J connectivity index is 1.54. The van der Waals surface area contributed by atoms with Crippen LogP contribution >= 0.6 is 11.8 Å². The molecule has 1 aromatic carbocycles. The molecule has 0 amide bonds. The summed E-state index contributed by atoms with van der Waals surface area (Å²) in [6.07, 6.45) is 5.49. The Kier molecular flexibility index (Phi) is 4.92. The smallest absolute Gasteiger partial charge is 0.213 e. The van der Waals surface area contributed by atoms with E-state index in [1.165, 1.54) is 12.1 Å². The average molecular weight is 395 g/mol. The molecule has 6 nitrogen and oxygen atoms in total. The van der Waals surface area contributed by atoms with Crippen LogP contribution in [-0.2, 0) is 0 Å². The molecule has 0 spiro atoms. The lowest BCUT2D eigenvalue weighted by Gasteiger charge is -2.41. The molecule has 0 radical (unpaired) electrons. The standard InChI is InChI=1S/C20H18FN5OS/c1-27-19-6-4-15(9-23-19)24-20(28-2)25-11-16(12-25)26-10-13(8-22)17-7-14(21)3-5-18(17)26/h3-7,9-10,16H,11-12H2,1-2H3/b24-20+. The topological polar surface area (TPSA) is 66.4 Å². The fourth-order valence-electron chi connectivity index (χ4n) is 3.32. The average Bonchev–Trinajstić information content (AvgIpc) is 3.04. The van der Waals surface area contributed by atoms with E-state index >= 15 is 0 Å². The van der Waals surface area contributed by atoms with Crippen LogP contribution in [-0.4, -0.2) is 46.1 Å². The number of amidine groups is 1. The van der Waals surface area contributed by atoms with Gasteiger partial charge in [-0.15, -0.1) is 0 Å². The lowest BCUT2D eigenvalue weighted by atomic mass is 10.1. The highest BCUT2D eigenvalue weighted by molar-refractivity contribution is 8.13. The molecule has 2 aromatic heterocycles. The van der Waals surface area contributed by atoms with Crippen molar-refractivity contribution in [2.75, 3.05) is 26.5 Å². The Morgan fingerprint density at radius 2 is 2.18 bits per heavy atom. The van der Waals surface area contributed by atoms with Crippen LogP contribution < -0.4 is 4.74 Å². The Labute approximate surface area is 166 Å². The fourth-order valence-corrected chi connectivity index (χ4v) is 3.93. The first kappa shape index (κ1) is 18.3. The number of ether oxygens (including phenoxy) is 1. The van der Waals surface area contributed by atoms with Gasteiger partial charge >= 0.3 is 0 Å². The summed E-state index contributed by atoms with van der Waals surface area (Å²) in [5, 5.41) is 10.9. The van der Waals surface area contributed by atoms with E-state index in [9.17, 15) is 9.65 Å². The normalized spacial score (nSPS) is 14.8. The summed E-state index contributed by atoms with van der Waals surface area (Å²) in [6.45, 7) is 1.55. The number of thioether (sulfide) groups is 1. The number of likely N-dealkylation sites (tertiary alicyclic amines) is 1. The van der Waals surface area contributed by atoms with Crippen LogP contribution in [0.3, 0.4) is 0 Å². The highest BCUT2D eigenvalue weighted by Crippen LogP contribution is 2.32. The van der Waals surface area contributed by atoms with E-state index in [1.54, 1.807) is 37.2 Å². The van der Waals surface area contributed by atoms with E-state index in [0.29, 0.717) is 16.8 Å². The van der Waals surface area contributed by atoms with Crippen molar-refractivity contribution < 1.29 is 9.13 Å². The molecule has 0 bridgehead atoms. The van der Waals surface area contributed by atoms with Crippen molar-refractivity contribution in [2.24, 2.45) is 4.99 Å². The van der Waals surface area contributed by atoms with Gasteiger partial charge in [-0.05, 0) is 30.5 Å². The molecule has 1 aliphatic heterocycles. The van der Waals surface area contributed by atoms with Gasteiger partial charge in [0.25, 0.3) is 0 Å². The molecule has 1 aliphatic rings. The van der Waals surface area contributed by atoms with Crippen molar-refractivity contribution in [3.8, 4) is 11.9 Å². The van der Waals surface area contributed by atoms with Crippen molar-refractivity contribution >= 4 is 33.5 Å². The SMILES string of the molecule is COc1ccc(/N=C(/SC)N2CC(n3cc(C#N)c4cc(F)ccc43)C2)cn1. The van der Waals surface area contributed by atoms with Crippen LogP contribution in [0.2, 0.25) is 0 Å². The Morgan fingerprint density at radius 1 is 1.36 bits per heavy atom. The summed E-state index contributed by atoms with van der Waals surface area (Å²) >= 11 is 1.58. The third-order valence-electron chi connectivity index (χ3n) is 4.78. The highest BCUT2D eigenvalue weighted by Gasteiger charge is 2.31. The number of rotatable bonds is 3. The molecule has 3 aromatic rings. The summed E-state index contributed by atoms with van der Waals surface area (Å²) in [4.78, 5) is 11.0. The second kappa shape index (κ2) is 7.52. The lowest BCUT2D eigenvalue weighted by molar-refractivity contribution is 0.201. The first-order chi connectivity index (χ1) is 13.6. The summed E-state index contributed by atoms with van der Waals surface area (Å²) in [5.41, 5.74) is 2.14. The number of hydrogen-bond acceptors (Lipinski definition) is 5. The number of nitriles is 1. The number of benzene rings is 1. The number of methoxy groups -OCH3 is 1. The maximum atomic E-state index is 13.6. The molecule has 0 saturated carbocycles. The number of hydrogen-bond donors (Lipinski definition) is 0. The second-order valence-corrected chi connectivity index (χ2v) is 7.21. The lowest BCUT2D eigenvalue weighted by Crippen LogP contribution is -2.49. The van der Waals surface area contributed by atoms with Crippen LogP contribution in [0.4, 0.5) is 10.1 Å². The molecule has 0 unspecified atom stereocenters. The molecular weight excluding hydrogens is 377 g/mol. The summed E-state index contributed by atoms with van der Waals surface area (Å²) < 4.78 is 20.7. The van der Waals surface area contributed by atoms with Gasteiger partial charge < -0.3 is 14.2 Å². The molecule has 0 N–H and O–H groups in total. The predicted molar refractivity (Wildman–Crippen MR) is 109 cm³/mol. The number of aliphatic imine (C=N–C) groups is 1. The van der Waals surface area contributed by atoms with Crippen LogP contribution in [0.25, 0.3) is 10.9 Å². The first-order valence-corrected chi connectivity index (χ1v) is 9.93. The number of pyridine rings is 1. The van der Waals surface area contributed by atoms with Crippen molar-refractivity contribution in [3.05, 3.63) is 54.1 Å². The monoisotopic (exact) mass is 395 g/mol. The largest absolute Gasteiger partial charge is 0.481 e. The van der Waals surface area contributed by atoms with E-state index < -0.39 is 0 Å². The summed E-state index contributed by atoms with van der Waals surface area (Å²) in [6, 6.07) is 10.6. The van der Waals surface area contributed by atoms with Gasteiger partial charge in [-0.3, -0.25) is 0 Å². The van der Waals surface area contributed by atoms with Crippen LogP contribution in [0, 0.1) is 17.1 Å². The van der Waals surface area contributed by atoms with Gasteiger partial charge in [-0.1, -0.05) is 11.8 Å². The number of halogens is 1. The zero-order chi connectivity index (χ0) is 19.7. The molecule has 4 rings (SSSR count). The molecule has 3 heterocycles. The Morgan fingerprint density at radius 3 is 2.82 bits per heavy atom. The van der Waals surface area contributed by atoms with Crippen LogP contribution in [0.5, 0.6) is 5.88 Å². The Hall–Kier alpha value is -3.05. The number of nitrogens with zero attached hydrogens (tertiary/aromatic N) is 5. The van der Waals surface area contributed by atoms with E-state index in [1.807, 2.05) is 18.5 Å². The summed E-state index contributed by atoms with van der Waals surface area (Å²) in [5.74, 6) is 0.222. The van der Waals surface area contributed by atoms with Gasteiger partial charge in [0.2, 0.25) is 5.88 Å². The molecule has 0 aliphatic carbocycles. The first-order valence-electron chi connectivity index (χ1n) is 8.70. The maximum Gasteiger partial charge on any atom is 0.213 e. The molecule has 1 saturated heterocycles. The fraction of sp³-hybridized carbons (Fsp3) is 0.250. The minimum absolute atomic E-state index is 0.210. The molecule has 142 valence electrons. The van der Waals surface area contributed by atoms with Gasteiger partial charge in [0.05, 0.1) is 30.6 Å². The molecule has 1 fully saturated rings. The minimum Gasteiger partial charge on any atom is -0.481 e. The maximum absolute atomic E-state index is 13.6. The highest BCUT2D eigenvalue weighted by atomic mass is 32.2. The van der Waals surface area contributed by atoms with Gasteiger partial charge in [0, 0.05) is 36.3 Å². The van der Waals surface area contributed by atoms with Crippen molar-refractivity contribution in [1.29, 1.82) is 5.26 Å². The van der Waals surface area contributed by atoms with Crippen molar-refractivity contribution in [3.63, 3.8) is 0 Å². The molecule has 0 atom stereocenters. The zero-order valence-electron chi connectivity index (χ0n) is 15.5. The predicted octanol–water partition coefficient (Wildman–Crippen LogP) is 3.96. The minimum atomic E-state index is -0.332. The van der Waals surface area contributed by atoms with E-state index in [-0.39, 0.29) is 11.9 Å². The quantitative estimate of drug-likeness (QED) is 0.496. The van der Waals surface area contributed by atoms with Gasteiger partial charge in [-0.25, -0.2) is 14.4 Å². The number of fused-ring (bicyclic) bond motifs is 1. The van der Waals surface area contributed by atoms with E-state index in [2.05, 4.69) is 25.5 Å². The van der Waals surface area contributed by atoms with Gasteiger partial charge in [0.1, 0.15) is 11.9 Å². The Bertz CT molecular complexity index is 1080. The number of aromatic nitrogens is 2. The third kappa shape index (κ3) is 3.29. The third-order valence-corrected chi connectivity index (χ3v) is 5.49. The second-order valence-electron chi connectivity index (χ2n) is 6.44.